The van der Waals surface area contributed by atoms with E-state index in [1.165, 1.54) is 28.3 Å². The van der Waals surface area contributed by atoms with Crippen LogP contribution in [-0.2, 0) is 0 Å². The maximum atomic E-state index is 2.40. The van der Waals surface area contributed by atoms with E-state index in [1.807, 2.05) is 27.7 Å². The molecule has 0 aromatic heterocycles. The Kier molecular flexibility index (Phi) is 7.25. The molecule has 2 aliphatic rings. The average Bonchev–Trinajstić information content (AvgIpc) is 3.30. The predicted octanol–water partition coefficient (Wildman–Crippen LogP) is 6.33. The molecular weight excluding hydrogens is 478 g/mol. The summed E-state index contributed by atoms with van der Waals surface area (Å²) >= 11 is 0. The third-order valence-corrected chi connectivity index (χ3v) is 4.00. The monoisotopic (exact) mass is 504 g/mol. The summed E-state index contributed by atoms with van der Waals surface area (Å²) in [5.74, 6) is 1.67. The Morgan fingerprint density at radius 3 is 2.38 bits per heavy atom. The van der Waals surface area contributed by atoms with Crippen molar-refractivity contribution < 1.29 is 31.1 Å². The molecule has 0 amide bonds. The molecule has 1 fully saturated rings. The molecule has 2 atom stereocenters. The molecule has 4 rings (SSSR count). The number of allylic oxidation sites excluding steroid dienone is 1. The smallest absolute Gasteiger partial charge is 0 e. The normalized spacial score (nSPS) is 19.9. The Bertz CT molecular complexity index is 625. The van der Waals surface area contributed by atoms with Crippen LogP contribution in [0.15, 0.2) is 36.4 Å². The van der Waals surface area contributed by atoms with Gasteiger partial charge in [0.15, 0.2) is 0 Å². The van der Waals surface area contributed by atoms with Gasteiger partial charge in [-0.1, -0.05) is 75.7 Å². The third-order valence-electron chi connectivity index (χ3n) is 4.00. The largest absolute Gasteiger partial charge is 0.0802 e. The Balaban J connectivity index is 0.000000410. The molecule has 21 heavy (non-hydrogen) atoms. The molecule has 0 bridgehead atoms. The second-order valence-electron chi connectivity index (χ2n) is 5.16. The van der Waals surface area contributed by atoms with Gasteiger partial charge in [0.2, 0.25) is 0 Å². The first-order valence-corrected chi connectivity index (χ1v) is 8.04. The van der Waals surface area contributed by atoms with Crippen molar-refractivity contribution in [3.8, 4) is 0 Å². The summed E-state index contributed by atoms with van der Waals surface area (Å²) in [6.45, 7) is 10.2. The topological polar surface area (TPSA) is 0 Å². The van der Waals surface area contributed by atoms with Gasteiger partial charge in [0.05, 0.1) is 0 Å². The number of aryl methyl sites for hydroxylation is 1. The fourth-order valence-electron chi connectivity index (χ4n) is 3.00. The van der Waals surface area contributed by atoms with E-state index >= 15 is 0 Å². The minimum atomic E-state index is 0. The zero-order valence-corrected chi connectivity index (χ0v) is 18.1. The first-order chi connectivity index (χ1) is 9.83. The molecule has 0 aliphatic heterocycles. The van der Waals surface area contributed by atoms with Crippen LogP contribution in [-0.4, -0.2) is 0 Å². The molecule has 1 heteroatoms. The van der Waals surface area contributed by atoms with Crippen LogP contribution in [0.4, 0.5) is 0 Å². The fourth-order valence-corrected chi connectivity index (χ4v) is 3.00. The third kappa shape index (κ3) is 3.64. The van der Waals surface area contributed by atoms with E-state index in [4.69, 9.17) is 0 Å². The zero-order chi connectivity index (χ0) is 14.7. The van der Waals surface area contributed by atoms with Gasteiger partial charge < -0.3 is 0 Å². The molecular formula is C20H26U. The van der Waals surface area contributed by atoms with Gasteiger partial charge in [-0.3, -0.25) is 0 Å². The molecule has 2 aliphatic carbocycles. The van der Waals surface area contributed by atoms with Crippen molar-refractivity contribution in [1.29, 1.82) is 0 Å². The van der Waals surface area contributed by atoms with Crippen molar-refractivity contribution in [2.24, 2.45) is 5.92 Å². The molecule has 0 heterocycles. The number of rotatable bonds is 0. The van der Waals surface area contributed by atoms with Gasteiger partial charge in [-0.05, 0) is 47.1 Å². The van der Waals surface area contributed by atoms with Crippen molar-refractivity contribution in [3.63, 3.8) is 0 Å². The molecule has 1 saturated carbocycles. The van der Waals surface area contributed by atoms with E-state index in [-0.39, 0.29) is 31.1 Å². The van der Waals surface area contributed by atoms with Gasteiger partial charge in [-0.2, -0.15) is 0 Å². The van der Waals surface area contributed by atoms with Crippen LogP contribution in [0.3, 0.4) is 0 Å². The number of benzene rings is 2. The molecule has 2 aromatic rings. The first kappa shape index (κ1) is 18.5. The van der Waals surface area contributed by atoms with Gasteiger partial charge >= 0.3 is 0 Å². The van der Waals surface area contributed by atoms with Gasteiger partial charge in [-0.15, -0.1) is 0 Å². The van der Waals surface area contributed by atoms with Crippen molar-refractivity contribution in [1.82, 2.24) is 0 Å². The average molecular weight is 504 g/mol. The fraction of sp³-hybridized carbons (Fsp3) is 0.400. The van der Waals surface area contributed by atoms with Crippen molar-refractivity contribution in [2.75, 3.05) is 0 Å². The van der Waals surface area contributed by atoms with Gasteiger partial charge in [0, 0.05) is 31.1 Å². The van der Waals surface area contributed by atoms with Crippen LogP contribution < -0.4 is 0 Å². The summed E-state index contributed by atoms with van der Waals surface area (Å²) < 4.78 is 0. The SMILES string of the molecule is CC.CC.Cc1ccc2c3c(ccc2c1)C1CC1C=C3.[U]. The van der Waals surface area contributed by atoms with Crippen molar-refractivity contribution in [3.05, 3.63) is 53.1 Å². The Morgan fingerprint density at radius 2 is 1.67 bits per heavy atom. The van der Waals surface area contributed by atoms with Crippen LogP contribution in [0.5, 0.6) is 0 Å². The van der Waals surface area contributed by atoms with Crippen LogP contribution in [0.25, 0.3) is 16.8 Å². The Labute approximate surface area is 153 Å². The van der Waals surface area contributed by atoms with Crippen LogP contribution in [0.2, 0.25) is 0 Å². The molecule has 2 aromatic carbocycles. The molecule has 0 nitrogen and oxygen atoms in total. The zero-order valence-electron chi connectivity index (χ0n) is 13.9. The Hall–Kier alpha value is -0.508. The van der Waals surface area contributed by atoms with E-state index in [0.717, 1.165) is 11.8 Å². The van der Waals surface area contributed by atoms with E-state index < -0.39 is 0 Å². The first-order valence-electron chi connectivity index (χ1n) is 8.04. The van der Waals surface area contributed by atoms with E-state index in [9.17, 15) is 0 Å². The number of fused-ring (bicyclic) bond motifs is 5. The summed E-state index contributed by atoms with van der Waals surface area (Å²) in [6.07, 6.45) is 6.09. The molecule has 0 N–H and O–H groups in total. The van der Waals surface area contributed by atoms with Crippen LogP contribution in [0.1, 0.15) is 56.7 Å². The minimum absolute atomic E-state index is 0. The summed E-state index contributed by atoms with van der Waals surface area (Å²) in [5.41, 5.74) is 4.39. The van der Waals surface area contributed by atoms with Crippen molar-refractivity contribution in [2.45, 2.75) is 47.0 Å². The van der Waals surface area contributed by atoms with E-state index in [1.54, 1.807) is 5.56 Å². The van der Waals surface area contributed by atoms with Gasteiger partial charge in [0.1, 0.15) is 0 Å². The minimum Gasteiger partial charge on any atom is -0.0802 e. The molecule has 2 unspecified atom stereocenters. The predicted molar refractivity (Wildman–Crippen MR) is 91.3 cm³/mol. The molecule has 110 valence electrons. The summed E-state index contributed by atoms with van der Waals surface area (Å²) in [5, 5.41) is 2.80. The molecule has 0 saturated heterocycles. The maximum Gasteiger partial charge on any atom is 0 e. The number of hydrogen-bond acceptors (Lipinski definition) is 0. The second kappa shape index (κ2) is 8.21. The number of hydrogen-bond donors (Lipinski definition) is 0. The standard InChI is InChI=1S/C16H14.2C2H6.U/c1-10-2-5-13-11(8-10)3-7-15-14(13)6-4-12-9-16(12)15;2*1-2;/h2-8,12,16H,9H2,1H3;2*1-2H3;. The van der Waals surface area contributed by atoms with E-state index in [2.05, 4.69) is 49.4 Å². The quantitative estimate of drug-likeness (QED) is 0.393. The summed E-state index contributed by atoms with van der Waals surface area (Å²) in [4.78, 5) is 0. The summed E-state index contributed by atoms with van der Waals surface area (Å²) in [6, 6.07) is 11.4. The Morgan fingerprint density at radius 1 is 0.952 bits per heavy atom. The maximum absolute atomic E-state index is 2.40. The van der Waals surface area contributed by atoms with Crippen LogP contribution in [0, 0.1) is 44.0 Å². The second-order valence-corrected chi connectivity index (χ2v) is 5.16. The molecule has 0 spiro atoms. The van der Waals surface area contributed by atoms with Gasteiger partial charge in [0.25, 0.3) is 0 Å². The van der Waals surface area contributed by atoms with Crippen molar-refractivity contribution >= 4 is 16.8 Å². The molecule has 0 radical (unpaired) electrons. The summed E-state index contributed by atoms with van der Waals surface area (Å²) in [7, 11) is 0. The van der Waals surface area contributed by atoms with E-state index in [0.29, 0.717) is 0 Å². The van der Waals surface area contributed by atoms with Crippen LogP contribution >= 0.6 is 0 Å². The van der Waals surface area contributed by atoms with Gasteiger partial charge in [-0.25, -0.2) is 0 Å².